The van der Waals surface area contributed by atoms with E-state index in [9.17, 15) is 0 Å². The Bertz CT molecular complexity index is 2900. The monoisotopic (exact) mass is 742 g/mol. The summed E-state index contributed by atoms with van der Waals surface area (Å²) in [6.07, 6.45) is 14.0. The Labute approximate surface area is 340 Å². The summed E-state index contributed by atoms with van der Waals surface area (Å²) >= 11 is 0. The van der Waals surface area contributed by atoms with Gasteiger partial charge in [0.2, 0.25) is 0 Å². The van der Waals surface area contributed by atoms with Crippen LogP contribution in [-0.2, 0) is 12.8 Å². The minimum atomic E-state index is 1.11. The average Bonchev–Trinajstić information content (AvgIpc) is 3.66. The molecule has 58 heavy (non-hydrogen) atoms. The van der Waals surface area contributed by atoms with Crippen LogP contribution in [0.25, 0.3) is 73.0 Å². The predicted molar refractivity (Wildman–Crippen MR) is 246 cm³/mol. The van der Waals surface area contributed by atoms with Crippen molar-refractivity contribution < 1.29 is 0 Å². The van der Waals surface area contributed by atoms with Crippen molar-refractivity contribution in [3.8, 4) is 39.1 Å². The van der Waals surface area contributed by atoms with Gasteiger partial charge in [-0.1, -0.05) is 152 Å². The number of hydrogen-bond donors (Lipinski definition) is 0. The lowest BCUT2D eigenvalue weighted by atomic mass is 9.82. The third-order valence-corrected chi connectivity index (χ3v) is 12.2. The molecule has 2 heteroatoms. The van der Waals surface area contributed by atoms with Crippen molar-refractivity contribution >= 4 is 51.0 Å². The van der Waals surface area contributed by atoms with E-state index in [4.69, 9.17) is 0 Å². The van der Waals surface area contributed by atoms with Crippen molar-refractivity contribution in [2.75, 3.05) is 4.90 Å². The summed E-state index contributed by atoms with van der Waals surface area (Å²) in [6, 6.07) is 66.1. The zero-order valence-corrected chi connectivity index (χ0v) is 32.4. The highest BCUT2D eigenvalue weighted by Gasteiger charge is 2.25. The van der Waals surface area contributed by atoms with Crippen molar-refractivity contribution in [3.63, 3.8) is 0 Å². The molecule has 1 aromatic heterocycles. The summed E-state index contributed by atoms with van der Waals surface area (Å²) in [4.78, 5) is 2.35. The molecular formula is C56H42N2. The van der Waals surface area contributed by atoms with E-state index in [-0.39, 0.29) is 0 Å². The summed E-state index contributed by atoms with van der Waals surface area (Å²) in [5.41, 5.74) is 20.3. The topological polar surface area (TPSA) is 8.17 Å². The fourth-order valence-electron chi connectivity index (χ4n) is 9.37. The van der Waals surface area contributed by atoms with Crippen molar-refractivity contribution in [2.24, 2.45) is 0 Å². The number of rotatable bonds is 7. The molecule has 0 aliphatic heterocycles. The molecule has 0 spiro atoms. The van der Waals surface area contributed by atoms with E-state index < -0.39 is 0 Å². The Kier molecular flexibility index (Phi) is 8.47. The van der Waals surface area contributed by atoms with Crippen LogP contribution < -0.4 is 4.90 Å². The van der Waals surface area contributed by atoms with Crippen LogP contribution in [0.4, 0.5) is 17.1 Å². The SMILES string of the molecule is C1=Cc2c(c3c(c4c2c2ccccc2n4-c2ccc(-c4ccc(N(c5ccc(-c6ccccc6)cc5)c5ccc(-c6ccccc6)cc5)cc4)cc2)C=CCC3)CC1. The number of allylic oxidation sites excluding steroid dienone is 2. The molecule has 0 fully saturated rings. The average molecular weight is 743 g/mol. The molecule has 0 saturated carbocycles. The van der Waals surface area contributed by atoms with E-state index in [1.54, 1.807) is 11.1 Å². The molecule has 276 valence electrons. The number of anilines is 3. The number of hydrogen-bond acceptors (Lipinski definition) is 1. The quantitative estimate of drug-likeness (QED) is 0.158. The largest absolute Gasteiger partial charge is 0.311 e. The number of benzene rings is 8. The Hall–Kier alpha value is -7.16. The summed E-state index contributed by atoms with van der Waals surface area (Å²) in [5, 5.41) is 2.72. The standard InChI is InChI=1S/C56H42N2/c1-3-13-39(14-4-1)41-23-31-45(32-24-41)57(46-33-25-42(26-34-46)40-15-5-2-6-16-40)47-35-27-43(28-36-47)44-29-37-48(38-30-44)58-54-22-12-11-21-53(54)55-51-19-9-7-17-49(51)50-18-8-10-20-52(50)56(55)58/h1-6,9-16,19-38H,7-8,17-18H2. The van der Waals surface area contributed by atoms with Gasteiger partial charge < -0.3 is 9.47 Å². The normalized spacial score (nSPS) is 13.1. The van der Waals surface area contributed by atoms with Gasteiger partial charge in [0.05, 0.1) is 11.0 Å². The zero-order chi connectivity index (χ0) is 38.4. The minimum absolute atomic E-state index is 1.11. The van der Waals surface area contributed by atoms with Crippen LogP contribution in [0.1, 0.15) is 35.1 Å². The molecule has 0 saturated heterocycles. The van der Waals surface area contributed by atoms with Crippen LogP contribution in [0, 0.1) is 0 Å². The van der Waals surface area contributed by atoms with Gasteiger partial charge in [-0.25, -0.2) is 0 Å². The van der Waals surface area contributed by atoms with Crippen molar-refractivity contribution in [3.05, 3.63) is 216 Å². The van der Waals surface area contributed by atoms with E-state index in [0.717, 1.165) is 42.7 Å². The van der Waals surface area contributed by atoms with E-state index in [1.807, 2.05) is 0 Å². The summed E-state index contributed by atoms with van der Waals surface area (Å²) in [7, 11) is 0. The van der Waals surface area contributed by atoms with E-state index in [1.165, 1.54) is 72.0 Å². The van der Waals surface area contributed by atoms with Gasteiger partial charge in [0, 0.05) is 39.1 Å². The Morgan fingerprint density at radius 1 is 0.379 bits per heavy atom. The molecular weight excluding hydrogens is 701 g/mol. The number of aromatic nitrogens is 1. The van der Waals surface area contributed by atoms with E-state index >= 15 is 0 Å². The molecule has 2 aliphatic carbocycles. The zero-order valence-electron chi connectivity index (χ0n) is 32.4. The molecule has 0 unspecified atom stereocenters. The molecule has 2 nitrogen and oxygen atoms in total. The first-order chi connectivity index (χ1) is 28.8. The maximum atomic E-state index is 2.51. The highest BCUT2D eigenvalue weighted by Crippen LogP contribution is 2.44. The first-order valence-electron chi connectivity index (χ1n) is 20.5. The minimum Gasteiger partial charge on any atom is -0.311 e. The second-order valence-corrected chi connectivity index (χ2v) is 15.5. The first kappa shape index (κ1) is 34.1. The molecule has 9 aromatic rings. The fraction of sp³-hybridized carbons (Fsp3) is 0.0714. The number of fused-ring (bicyclic) bond motifs is 8. The van der Waals surface area contributed by atoms with Gasteiger partial charge in [-0.15, -0.1) is 0 Å². The lowest BCUT2D eigenvalue weighted by molar-refractivity contribution is 0.909. The highest BCUT2D eigenvalue weighted by molar-refractivity contribution is 6.16. The van der Waals surface area contributed by atoms with Gasteiger partial charge in [-0.2, -0.15) is 0 Å². The third-order valence-electron chi connectivity index (χ3n) is 12.2. The van der Waals surface area contributed by atoms with Crippen molar-refractivity contribution in [1.29, 1.82) is 0 Å². The number of nitrogens with zero attached hydrogens (tertiary/aromatic N) is 2. The molecule has 2 aliphatic rings. The second-order valence-electron chi connectivity index (χ2n) is 15.5. The molecule has 0 N–H and O–H groups in total. The van der Waals surface area contributed by atoms with Gasteiger partial charge in [-0.3, -0.25) is 0 Å². The van der Waals surface area contributed by atoms with E-state index in [0.29, 0.717) is 0 Å². The van der Waals surface area contributed by atoms with Gasteiger partial charge in [0.1, 0.15) is 0 Å². The molecule has 0 bridgehead atoms. The lowest BCUT2D eigenvalue weighted by Crippen LogP contribution is -2.09. The Balaban J connectivity index is 0.961. The lowest BCUT2D eigenvalue weighted by Gasteiger charge is -2.26. The Morgan fingerprint density at radius 2 is 0.793 bits per heavy atom. The molecule has 0 radical (unpaired) electrons. The molecule has 0 atom stereocenters. The van der Waals surface area contributed by atoms with Gasteiger partial charge in [-0.05, 0) is 130 Å². The van der Waals surface area contributed by atoms with Crippen LogP contribution in [0.3, 0.4) is 0 Å². The molecule has 11 rings (SSSR count). The smallest absolute Gasteiger partial charge is 0.0622 e. The van der Waals surface area contributed by atoms with E-state index in [2.05, 4.69) is 216 Å². The van der Waals surface area contributed by atoms with Gasteiger partial charge in [0.15, 0.2) is 0 Å². The second kappa shape index (κ2) is 14.4. The maximum Gasteiger partial charge on any atom is 0.0622 e. The highest BCUT2D eigenvalue weighted by atomic mass is 15.1. The first-order valence-corrected chi connectivity index (χ1v) is 20.5. The summed E-state index contributed by atoms with van der Waals surface area (Å²) < 4.78 is 2.51. The molecule has 1 heterocycles. The van der Waals surface area contributed by atoms with Gasteiger partial charge in [0.25, 0.3) is 0 Å². The fourth-order valence-corrected chi connectivity index (χ4v) is 9.37. The van der Waals surface area contributed by atoms with Crippen LogP contribution in [0.15, 0.2) is 194 Å². The predicted octanol–water partition coefficient (Wildman–Crippen LogP) is 15.2. The van der Waals surface area contributed by atoms with Crippen LogP contribution in [-0.4, -0.2) is 4.57 Å². The van der Waals surface area contributed by atoms with Crippen molar-refractivity contribution in [1.82, 2.24) is 4.57 Å². The van der Waals surface area contributed by atoms with Gasteiger partial charge >= 0.3 is 0 Å². The van der Waals surface area contributed by atoms with Crippen molar-refractivity contribution in [2.45, 2.75) is 25.7 Å². The number of para-hydroxylation sites is 1. The summed E-state index contributed by atoms with van der Waals surface area (Å²) in [5.74, 6) is 0. The maximum absolute atomic E-state index is 2.51. The summed E-state index contributed by atoms with van der Waals surface area (Å²) in [6.45, 7) is 0. The van der Waals surface area contributed by atoms with Crippen LogP contribution in [0.5, 0.6) is 0 Å². The molecule has 8 aromatic carbocycles. The van der Waals surface area contributed by atoms with Crippen LogP contribution >= 0.6 is 0 Å². The van der Waals surface area contributed by atoms with Crippen LogP contribution in [0.2, 0.25) is 0 Å². The third kappa shape index (κ3) is 5.88. The molecule has 0 amide bonds. The Morgan fingerprint density at radius 3 is 1.31 bits per heavy atom.